The maximum atomic E-state index is 13.4. The highest BCUT2D eigenvalue weighted by Gasteiger charge is 2.40. The highest BCUT2D eigenvalue weighted by atomic mass is 79.9. The van der Waals surface area contributed by atoms with Crippen molar-refractivity contribution in [3.05, 3.63) is 46.7 Å². The van der Waals surface area contributed by atoms with Gasteiger partial charge in [-0.1, -0.05) is 29.8 Å². The van der Waals surface area contributed by atoms with Gasteiger partial charge in [-0.3, -0.25) is 9.69 Å². The number of hydrogen-bond donors (Lipinski definition) is 0. The molecule has 1 saturated heterocycles. The second-order valence-electron chi connectivity index (χ2n) is 7.60. The van der Waals surface area contributed by atoms with Crippen molar-refractivity contribution in [1.82, 2.24) is 14.9 Å². The molecule has 0 bridgehead atoms. The number of rotatable bonds is 2. The monoisotopic (exact) mass is 414 g/mol. The van der Waals surface area contributed by atoms with Gasteiger partial charge >= 0.3 is 0 Å². The third-order valence-electron chi connectivity index (χ3n) is 5.26. The number of likely N-dealkylation sites (tertiary alicyclic amines) is 1. The maximum absolute atomic E-state index is 13.4. The van der Waals surface area contributed by atoms with Crippen LogP contribution in [0.1, 0.15) is 25.8 Å². The van der Waals surface area contributed by atoms with Crippen LogP contribution in [0.2, 0.25) is 0 Å². The lowest BCUT2D eigenvalue weighted by molar-refractivity contribution is -0.135. The molecule has 0 spiro atoms. The minimum Gasteiger partial charge on any atom is -0.340 e. The smallest absolute Gasteiger partial charge is 0.246 e. The SMILES string of the molecule is C[C@@H]1C[C@H](C)CN(C(=O)[C@@H]2Cc3cc(Br)ccc3N2c2ncccn2)C1. The average molecular weight is 415 g/mol. The van der Waals surface area contributed by atoms with E-state index in [4.69, 9.17) is 0 Å². The second-order valence-corrected chi connectivity index (χ2v) is 8.52. The van der Waals surface area contributed by atoms with Gasteiger partial charge in [-0.05, 0) is 48.1 Å². The fraction of sp³-hybridized carbons (Fsp3) is 0.450. The predicted octanol–water partition coefficient (Wildman–Crippen LogP) is 3.81. The summed E-state index contributed by atoms with van der Waals surface area (Å²) in [5, 5.41) is 0. The predicted molar refractivity (Wildman–Crippen MR) is 105 cm³/mol. The standard InChI is InChI=1S/C20H23BrN4O/c1-13-8-14(2)12-24(11-13)19(26)18-10-15-9-16(21)4-5-17(15)25(18)20-22-6-3-7-23-20/h3-7,9,13-14,18H,8,10-12H2,1-2H3/t13-,14+,18-/m0/s1. The summed E-state index contributed by atoms with van der Waals surface area (Å²) in [5.74, 6) is 1.86. The topological polar surface area (TPSA) is 49.3 Å². The number of carbonyl (C=O) groups is 1. The molecule has 0 aliphatic carbocycles. The molecule has 3 atom stereocenters. The van der Waals surface area contributed by atoms with Crippen molar-refractivity contribution in [3.8, 4) is 0 Å². The molecule has 0 radical (unpaired) electrons. The van der Waals surface area contributed by atoms with Crippen LogP contribution < -0.4 is 4.90 Å². The Balaban J connectivity index is 1.69. The van der Waals surface area contributed by atoms with Gasteiger partial charge in [-0.2, -0.15) is 0 Å². The van der Waals surface area contributed by atoms with Crippen LogP contribution in [0.3, 0.4) is 0 Å². The molecule has 2 aliphatic rings. The van der Waals surface area contributed by atoms with Crippen molar-refractivity contribution in [2.45, 2.75) is 32.7 Å². The molecule has 3 heterocycles. The first-order valence-electron chi connectivity index (χ1n) is 9.16. The van der Waals surface area contributed by atoms with Gasteiger partial charge in [0.15, 0.2) is 0 Å². The van der Waals surface area contributed by atoms with Crippen molar-refractivity contribution >= 4 is 33.5 Å². The summed E-state index contributed by atoms with van der Waals surface area (Å²) in [6.07, 6.45) is 5.33. The van der Waals surface area contributed by atoms with E-state index in [0.717, 1.165) is 28.8 Å². The van der Waals surface area contributed by atoms with Crippen LogP contribution in [-0.4, -0.2) is 39.9 Å². The van der Waals surface area contributed by atoms with Crippen molar-refractivity contribution in [1.29, 1.82) is 0 Å². The highest BCUT2D eigenvalue weighted by molar-refractivity contribution is 9.10. The molecule has 136 valence electrons. The zero-order chi connectivity index (χ0) is 18.3. The molecule has 0 N–H and O–H groups in total. The Kier molecular flexibility index (Phi) is 4.69. The molecular weight excluding hydrogens is 392 g/mol. The van der Waals surface area contributed by atoms with E-state index >= 15 is 0 Å². The molecule has 5 nitrogen and oxygen atoms in total. The maximum Gasteiger partial charge on any atom is 0.246 e. The van der Waals surface area contributed by atoms with Crippen molar-refractivity contribution in [2.24, 2.45) is 11.8 Å². The minimum absolute atomic E-state index is 0.183. The van der Waals surface area contributed by atoms with Gasteiger partial charge in [0.05, 0.1) is 0 Å². The summed E-state index contributed by atoms with van der Waals surface area (Å²) in [4.78, 5) is 26.3. The Morgan fingerprint density at radius 1 is 1.15 bits per heavy atom. The molecule has 0 saturated carbocycles. The van der Waals surface area contributed by atoms with Gasteiger partial charge in [-0.15, -0.1) is 0 Å². The Morgan fingerprint density at radius 2 is 1.85 bits per heavy atom. The Labute approximate surface area is 162 Å². The average Bonchev–Trinajstić information content (AvgIpc) is 2.99. The lowest BCUT2D eigenvalue weighted by atomic mass is 9.91. The van der Waals surface area contributed by atoms with E-state index in [9.17, 15) is 4.79 Å². The van der Waals surface area contributed by atoms with Crippen LogP contribution in [-0.2, 0) is 11.2 Å². The van der Waals surface area contributed by atoms with E-state index in [1.165, 1.54) is 6.42 Å². The van der Waals surface area contributed by atoms with E-state index < -0.39 is 0 Å². The number of hydrogen-bond acceptors (Lipinski definition) is 4. The van der Waals surface area contributed by atoms with Crippen molar-refractivity contribution in [3.63, 3.8) is 0 Å². The minimum atomic E-state index is -0.279. The van der Waals surface area contributed by atoms with Gasteiger partial charge in [0.2, 0.25) is 11.9 Å². The third kappa shape index (κ3) is 3.22. The lowest BCUT2D eigenvalue weighted by Gasteiger charge is -2.38. The summed E-state index contributed by atoms with van der Waals surface area (Å²) >= 11 is 3.55. The summed E-state index contributed by atoms with van der Waals surface area (Å²) in [5.41, 5.74) is 2.18. The number of anilines is 2. The fourth-order valence-electron chi connectivity index (χ4n) is 4.33. The van der Waals surface area contributed by atoms with Crippen LogP contribution in [0.4, 0.5) is 11.6 Å². The molecule has 4 rings (SSSR count). The number of halogens is 1. The zero-order valence-electron chi connectivity index (χ0n) is 15.1. The molecule has 6 heteroatoms. The van der Waals surface area contributed by atoms with Gasteiger partial charge in [0.25, 0.3) is 0 Å². The number of piperidine rings is 1. The lowest BCUT2D eigenvalue weighted by Crippen LogP contribution is -2.51. The first-order valence-corrected chi connectivity index (χ1v) is 9.95. The number of amides is 1. The molecule has 1 amide bonds. The Morgan fingerprint density at radius 3 is 2.54 bits per heavy atom. The number of aromatic nitrogens is 2. The molecule has 1 fully saturated rings. The van der Waals surface area contributed by atoms with Crippen molar-refractivity contribution in [2.75, 3.05) is 18.0 Å². The van der Waals surface area contributed by atoms with Gasteiger partial charge in [-0.25, -0.2) is 9.97 Å². The van der Waals surface area contributed by atoms with E-state index in [0.29, 0.717) is 24.2 Å². The van der Waals surface area contributed by atoms with E-state index in [2.05, 4.69) is 45.8 Å². The fourth-order valence-corrected chi connectivity index (χ4v) is 4.74. The summed E-state index contributed by atoms with van der Waals surface area (Å²) in [6, 6.07) is 7.67. The quantitative estimate of drug-likeness (QED) is 0.749. The van der Waals surface area contributed by atoms with Crippen LogP contribution in [0.15, 0.2) is 41.1 Å². The van der Waals surface area contributed by atoms with Crippen LogP contribution in [0, 0.1) is 11.8 Å². The van der Waals surface area contributed by atoms with E-state index in [1.807, 2.05) is 21.9 Å². The normalized spacial score (nSPS) is 25.3. The molecule has 2 aliphatic heterocycles. The summed E-state index contributed by atoms with van der Waals surface area (Å²) in [7, 11) is 0. The van der Waals surface area contributed by atoms with Crippen LogP contribution in [0.5, 0.6) is 0 Å². The first kappa shape index (κ1) is 17.5. The first-order chi connectivity index (χ1) is 12.5. The Bertz CT molecular complexity index is 803. The van der Waals surface area contributed by atoms with Crippen molar-refractivity contribution < 1.29 is 4.79 Å². The van der Waals surface area contributed by atoms with E-state index in [-0.39, 0.29) is 11.9 Å². The van der Waals surface area contributed by atoms with Gasteiger partial charge in [0, 0.05) is 42.1 Å². The van der Waals surface area contributed by atoms with Crippen LogP contribution in [0.25, 0.3) is 0 Å². The van der Waals surface area contributed by atoms with Crippen LogP contribution >= 0.6 is 15.9 Å². The van der Waals surface area contributed by atoms with Gasteiger partial charge in [0.1, 0.15) is 6.04 Å². The number of benzene rings is 1. The third-order valence-corrected chi connectivity index (χ3v) is 5.75. The second kappa shape index (κ2) is 6.99. The van der Waals surface area contributed by atoms with E-state index in [1.54, 1.807) is 18.5 Å². The molecule has 26 heavy (non-hydrogen) atoms. The largest absolute Gasteiger partial charge is 0.340 e. The number of carbonyl (C=O) groups excluding carboxylic acids is 1. The molecule has 1 aromatic heterocycles. The molecule has 1 aromatic carbocycles. The number of nitrogens with zero attached hydrogens (tertiary/aromatic N) is 4. The number of fused-ring (bicyclic) bond motifs is 1. The molecule has 0 unspecified atom stereocenters. The molecular formula is C20H23BrN4O. The summed E-state index contributed by atoms with van der Waals surface area (Å²) < 4.78 is 1.03. The molecule has 2 aromatic rings. The van der Waals surface area contributed by atoms with Gasteiger partial charge < -0.3 is 4.90 Å². The zero-order valence-corrected chi connectivity index (χ0v) is 16.7. The summed E-state index contributed by atoms with van der Waals surface area (Å²) in [6.45, 7) is 6.13. The highest BCUT2D eigenvalue weighted by Crippen LogP contribution is 2.39. The Hall–Kier alpha value is -1.95.